The Bertz CT molecular complexity index is 496. The van der Waals surface area contributed by atoms with Gasteiger partial charge in [-0.2, -0.15) is 0 Å². The van der Waals surface area contributed by atoms with Crippen LogP contribution in [0.4, 0.5) is 0 Å². The monoisotopic (exact) mass is 294 g/mol. The summed E-state index contributed by atoms with van der Waals surface area (Å²) in [6.07, 6.45) is 1.75. The van der Waals surface area contributed by atoms with Crippen molar-refractivity contribution in [3.8, 4) is 0 Å². The van der Waals surface area contributed by atoms with Gasteiger partial charge in [0.05, 0.1) is 17.2 Å². The molecular weight excluding hydrogens is 272 g/mol. The van der Waals surface area contributed by atoms with Gasteiger partial charge in [0.15, 0.2) is 0 Å². The Morgan fingerprint density at radius 2 is 2.30 bits per heavy atom. The van der Waals surface area contributed by atoms with Crippen molar-refractivity contribution in [3.05, 3.63) is 16.1 Å². The fraction of sp³-hybridized carbons (Fsp3) is 0.667. The van der Waals surface area contributed by atoms with Crippen molar-refractivity contribution in [3.63, 3.8) is 0 Å². The molecule has 1 N–H and O–H groups in total. The number of carbonyl (C=O) groups is 2. The van der Waals surface area contributed by atoms with Crippen LogP contribution >= 0.6 is 11.3 Å². The van der Waals surface area contributed by atoms with E-state index in [9.17, 15) is 9.59 Å². The smallest absolute Gasteiger partial charge is 0.223 e. The average Bonchev–Trinajstić information content (AvgIpc) is 2.85. The van der Waals surface area contributed by atoms with E-state index >= 15 is 0 Å². The van der Waals surface area contributed by atoms with Crippen molar-refractivity contribution < 1.29 is 9.59 Å². The standard InChI is InChI=1S/C15H22N2O2S/c1-9(2)15-17-11(8-20-15)7-16-14(19)13-5-4-12(18)6-10(13)3/h8-10,13H,4-7H2,1-3H3,(H,16,19). The van der Waals surface area contributed by atoms with Crippen LogP contribution in [0.1, 0.15) is 56.7 Å². The van der Waals surface area contributed by atoms with Crippen molar-refractivity contribution in [1.29, 1.82) is 0 Å². The number of carbonyl (C=O) groups excluding carboxylic acids is 2. The molecule has 0 spiro atoms. The molecule has 1 aromatic heterocycles. The van der Waals surface area contributed by atoms with E-state index in [4.69, 9.17) is 0 Å². The lowest BCUT2D eigenvalue weighted by atomic mass is 9.79. The zero-order valence-corrected chi connectivity index (χ0v) is 13.1. The lowest BCUT2D eigenvalue weighted by Crippen LogP contribution is -2.37. The molecule has 1 saturated carbocycles. The van der Waals surface area contributed by atoms with Crippen LogP contribution < -0.4 is 5.32 Å². The van der Waals surface area contributed by atoms with Gasteiger partial charge in [0.25, 0.3) is 0 Å². The molecule has 2 atom stereocenters. The largest absolute Gasteiger partial charge is 0.350 e. The highest BCUT2D eigenvalue weighted by Crippen LogP contribution is 2.27. The van der Waals surface area contributed by atoms with E-state index in [-0.39, 0.29) is 23.5 Å². The molecule has 1 fully saturated rings. The number of nitrogens with one attached hydrogen (secondary N) is 1. The van der Waals surface area contributed by atoms with Gasteiger partial charge in [-0.15, -0.1) is 11.3 Å². The van der Waals surface area contributed by atoms with Crippen molar-refractivity contribution >= 4 is 23.0 Å². The van der Waals surface area contributed by atoms with E-state index < -0.39 is 0 Å². The zero-order valence-electron chi connectivity index (χ0n) is 12.3. The Morgan fingerprint density at radius 1 is 1.55 bits per heavy atom. The topological polar surface area (TPSA) is 59.1 Å². The minimum absolute atomic E-state index is 0.0316. The summed E-state index contributed by atoms with van der Waals surface area (Å²) < 4.78 is 0. The maximum absolute atomic E-state index is 12.2. The SMILES string of the molecule is CC(C)c1nc(CNC(=O)C2CCC(=O)CC2C)cs1. The molecule has 0 aromatic carbocycles. The third-order valence-electron chi connectivity index (χ3n) is 3.81. The average molecular weight is 294 g/mol. The first-order valence-electron chi connectivity index (χ1n) is 7.21. The van der Waals surface area contributed by atoms with E-state index in [1.807, 2.05) is 12.3 Å². The minimum Gasteiger partial charge on any atom is -0.350 e. The number of hydrogen-bond donors (Lipinski definition) is 1. The first-order chi connectivity index (χ1) is 9.47. The summed E-state index contributed by atoms with van der Waals surface area (Å²) in [5, 5.41) is 6.07. The van der Waals surface area contributed by atoms with Crippen molar-refractivity contribution in [2.24, 2.45) is 11.8 Å². The molecule has 0 bridgehead atoms. The number of hydrogen-bond acceptors (Lipinski definition) is 4. The molecule has 1 amide bonds. The van der Waals surface area contributed by atoms with Gasteiger partial charge in [-0.3, -0.25) is 9.59 Å². The van der Waals surface area contributed by atoms with Crippen molar-refractivity contribution in [2.45, 2.75) is 52.5 Å². The number of Topliss-reactive ketones (excluding diaryl/α,β-unsaturated/α-hetero) is 1. The summed E-state index contributed by atoms with van der Waals surface area (Å²) in [6.45, 7) is 6.70. The van der Waals surface area contributed by atoms with Gasteiger partial charge in [0.1, 0.15) is 5.78 Å². The van der Waals surface area contributed by atoms with Crippen LogP contribution in [0.5, 0.6) is 0 Å². The second-order valence-corrected chi connectivity index (χ2v) is 6.80. The molecule has 1 aliphatic carbocycles. The predicted octanol–water partition coefficient (Wildman–Crippen LogP) is 2.89. The Balaban J connectivity index is 1.86. The van der Waals surface area contributed by atoms with Gasteiger partial charge in [-0.05, 0) is 12.3 Å². The second kappa shape index (κ2) is 6.48. The van der Waals surface area contributed by atoms with Crippen LogP contribution in [0.3, 0.4) is 0 Å². The highest BCUT2D eigenvalue weighted by Gasteiger charge is 2.31. The molecule has 110 valence electrons. The van der Waals surface area contributed by atoms with Crippen LogP contribution in [0.25, 0.3) is 0 Å². The van der Waals surface area contributed by atoms with E-state index in [2.05, 4.69) is 24.1 Å². The maximum atomic E-state index is 12.2. The minimum atomic E-state index is -0.0316. The lowest BCUT2D eigenvalue weighted by Gasteiger charge is -2.26. The Morgan fingerprint density at radius 3 is 2.90 bits per heavy atom. The third kappa shape index (κ3) is 3.66. The number of rotatable bonds is 4. The summed E-state index contributed by atoms with van der Waals surface area (Å²) in [5.74, 6) is 0.884. The van der Waals surface area contributed by atoms with Crippen LogP contribution in [0.2, 0.25) is 0 Å². The summed E-state index contributed by atoms with van der Waals surface area (Å²) in [5.41, 5.74) is 0.923. The van der Waals surface area contributed by atoms with Crippen LogP contribution in [-0.2, 0) is 16.1 Å². The second-order valence-electron chi connectivity index (χ2n) is 5.91. The highest BCUT2D eigenvalue weighted by molar-refractivity contribution is 7.09. The molecule has 1 aromatic rings. The Hall–Kier alpha value is -1.23. The summed E-state index contributed by atoms with van der Waals surface area (Å²) in [7, 11) is 0. The van der Waals surface area contributed by atoms with E-state index in [0.29, 0.717) is 31.7 Å². The molecule has 0 radical (unpaired) electrons. The zero-order chi connectivity index (χ0) is 14.7. The fourth-order valence-electron chi connectivity index (χ4n) is 2.57. The summed E-state index contributed by atoms with van der Waals surface area (Å²) >= 11 is 1.64. The van der Waals surface area contributed by atoms with E-state index in [0.717, 1.165) is 10.7 Å². The highest BCUT2D eigenvalue weighted by atomic mass is 32.1. The normalized spacial score (nSPS) is 23.1. The first-order valence-corrected chi connectivity index (χ1v) is 8.09. The number of thiazole rings is 1. The van der Waals surface area contributed by atoms with Gasteiger partial charge >= 0.3 is 0 Å². The Labute approximate surface area is 124 Å². The number of ketones is 1. The predicted molar refractivity (Wildman–Crippen MR) is 79.6 cm³/mol. The van der Waals surface area contributed by atoms with Gasteiger partial charge in [0, 0.05) is 30.1 Å². The maximum Gasteiger partial charge on any atom is 0.223 e. The van der Waals surface area contributed by atoms with Crippen LogP contribution in [0, 0.1) is 11.8 Å². The van der Waals surface area contributed by atoms with Crippen LogP contribution in [0.15, 0.2) is 5.38 Å². The lowest BCUT2D eigenvalue weighted by molar-refractivity contribution is -0.131. The van der Waals surface area contributed by atoms with Crippen molar-refractivity contribution in [2.75, 3.05) is 0 Å². The van der Waals surface area contributed by atoms with E-state index in [1.165, 1.54) is 0 Å². The molecule has 2 rings (SSSR count). The number of amides is 1. The van der Waals surface area contributed by atoms with Gasteiger partial charge in [-0.1, -0.05) is 20.8 Å². The molecular formula is C15H22N2O2S. The third-order valence-corrected chi connectivity index (χ3v) is 5.01. The molecule has 1 aliphatic rings. The van der Waals surface area contributed by atoms with Gasteiger partial charge in [-0.25, -0.2) is 4.98 Å². The number of aromatic nitrogens is 1. The molecule has 20 heavy (non-hydrogen) atoms. The molecule has 4 nitrogen and oxygen atoms in total. The van der Waals surface area contributed by atoms with E-state index in [1.54, 1.807) is 11.3 Å². The van der Waals surface area contributed by atoms with Gasteiger partial charge < -0.3 is 5.32 Å². The van der Waals surface area contributed by atoms with Gasteiger partial charge in [0.2, 0.25) is 5.91 Å². The molecule has 1 heterocycles. The summed E-state index contributed by atoms with van der Waals surface area (Å²) in [6, 6.07) is 0. The van der Waals surface area contributed by atoms with Crippen molar-refractivity contribution in [1.82, 2.24) is 10.3 Å². The van der Waals surface area contributed by atoms with Crippen LogP contribution in [-0.4, -0.2) is 16.7 Å². The Kier molecular flexibility index (Phi) is 4.91. The molecule has 0 saturated heterocycles. The first kappa shape index (κ1) is 15.2. The quantitative estimate of drug-likeness (QED) is 0.929. The molecule has 5 heteroatoms. The molecule has 2 unspecified atom stereocenters. The number of nitrogens with zero attached hydrogens (tertiary/aromatic N) is 1. The summed E-state index contributed by atoms with van der Waals surface area (Å²) in [4.78, 5) is 28.0. The molecule has 0 aliphatic heterocycles. The fourth-order valence-corrected chi connectivity index (χ4v) is 3.41.